The third-order valence-corrected chi connectivity index (χ3v) is 2.24. The fourth-order valence-electron chi connectivity index (χ4n) is 1.28. The number of nitrogens with zero attached hydrogens (tertiary/aromatic N) is 1. The van der Waals surface area contributed by atoms with E-state index in [1.165, 1.54) is 38.1 Å². The Morgan fingerprint density at radius 2 is 1.40 bits per heavy atom. The molecule has 1 aliphatic heterocycles. The van der Waals surface area contributed by atoms with Crippen molar-refractivity contribution in [2.24, 2.45) is 0 Å². The molecule has 4 heteroatoms. The van der Waals surface area contributed by atoms with Crippen LogP contribution in [-0.2, 0) is 14.4 Å². The summed E-state index contributed by atoms with van der Waals surface area (Å²) in [6, 6.07) is 0. The molecule has 0 aromatic rings. The predicted molar refractivity (Wildman–Crippen MR) is 54.7 cm³/mol. The van der Waals surface area contributed by atoms with Crippen LogP contribution in [0.25, 0.3) is 0 Å². The van der Waals surface area contributed by atoms with Crippen LogP contribution in [0.3, 0.4) is 0 Å². The molecule has 80 valence electrons. The molecule has 0 bridgehead atoms. The molecule has 0 atom stereocenters. The highest BCUT2D eigenvalue weighted by Crippen LogP contribution is 2.20. The van der Waals surface area contributed by atoms with E-state index in [0.29, 0.717) is 17.6 Å². The van der Waals surface area contributed by atoms with Crippen molar-refractivity contribution in [3.63, 3.8) is 0 Å². The molecule has 0 saturated heterocycles. The molecule has 1 amide bonds. The fraction of sp³-hybridized carbons (Fsp3) is 0.364. The second-order valence-corrected chi connectivity index (χ2v) is 3.52. The van der Waals surface area contributed by atoms with E-state index in [0.717, 1.165) is 0 Å². The topological polar surface area (TPSA) is 54.5 Å². The van der Waals surface area contributed by atoms with Crippen LogP contribution < -0.4 is 0 Å². The van der Waals surface area contributed by atoms with Gasteiger partial charge < -0.3 is 0 Å². The second-order valence-electron chi connectivity index (χ2n) is 3.52. The molecule has 0 spiro atoms. The summed E-state index contributed by atoms with van der Waals surface area (Å²) in [6.45, 7) is 4.23. The van der Waals surface area contributed by atoms with Gasteiger partial charge in [-0.3, -0.25) is 19.3 Å². The molecule has 15 heavy (non-hydrogen) atoms. The van der Waals surface area contributed by atoms with Gasteiger partial charge in [-0.1, -0.05) is 0 Å². The minimum absolute atomic E-state index is 0.117. The van der Waals surface area contributed by atoms with Gasteiger partial charge in [-0.05, 0) is 13.8 Å². The van der Waals surface area contributed by atoms with Crippen LogP contribution in [0.1, 0.15) is 27.2 Å². The Morgan fingerprint density at radius 3 is 1.67 bits per heavy atom. The maximum Gasteiger partial charge on any atom is 0.227 e. The summed E-state index contributed by atoms with van der Waals surface area (Å²) in [5, 5.41) is 0. The smallest absolute Gasteiger partial charge is 0.227 e. The minimum Gasteiger partial charge on any atom is -0.295 e. The Hall–Kier alpha value is -1.71. The molecule has 0 fully saturated rings. The van der Waals surface area contributed by atoms with Gasteiger partial charge in [-0.15, -0.1) is 0 Å². The van der Waals surface area contributed by atoms with Crippen LogP contribution in [0.4, 0.5) is 0 Å². The zero-order valence-corrected chi connectivity index (χ0v) is 9.03. The first-order valence-corrected chi connectivity index (χ1v) is 4.64. The summed E-state index contributed by atoms with van der Waals surface area (Å²) in [7, 11) is 0. The molecule has 0 saturated carbocycles. The molecule has 1 rings (SSSR count). The maximum absolute atomic E-state index is 11.2. The molecule has 1 aliphatic rings. The number of amides is 1. The molecular weight excluding hydrogens is 194 g/mol. The Labute approximate surface area is 88.2 Å². The highest BCUT2D eigenvalue weighted by Gasteiger charge is 2.19. The molecule has 0 unspecified atom stereocenters. The van der Waals surface area contributed by atoms with Crippen LogP contribution in [0.5, 0.6) is 0 Å². The number of carbonyl (C=O) groups excluding carboxylic acids is 3. The molecule has 4 nitrogen and oxygen atoms in total. The first kappa shape index (κ1) is 11.4. The van der Waals surface area contributed by atoms with E-state index in [2.05, 4.69) is 0 Å². The molecule has 1 heterocycles. The van der Waals surface area contributed by atoms with E-state index >= 15 is 0 Å². The van der Waals surface area contributed by atoms with Crippen molar-refractivity contribution in [1.29, 1.82) is 0 Å². The van der Waals surface area contributed by atoms with Gasteiger partial charge in [0.25, 0.3) is 0 Å². The molecule has 0 radical (unpaired) electrons. The monoisotopic (exact) mass is 207 g/mol. The van der Waals surface area contributed by atoms with E-state index in [1.807, 2.05) is 0 Å². The Balaban J connectivity index is 3.05. The van der Waals surface area contributed by atoms with E-state index in [1.54, 1.807) is 0 Å². The Kier molecular flexibility index (Phi) is 3.19. The average Bonchev–Trinajstić information content (AvgIpc) is 2.16. The van der Waals surface area contributed by atoms with Gasteiger partial charge in [-0.25, -0.2) is 0 Å². The summed E-state index contributed by atoms with van der Waals surface area (Å²) in [4.78, 5) is 34.8. The quantitative estimate of drug-likeness (QED) is 0.683. The zero-order chi connectivity index (χ0) is 11.6. The lowest BCUT2D eigenvalue weighted by Crippen LogP contribution is -2.23. The van der Waals surface area contributed by atoms with Gasteiger partial charge in [0, 0.05) is 36.9 Å². The van der Waals surface area contributed by atoms with Crippen molar-refractivity contribution in [3.8, 4) is 0 Å². The Morgan fingerprint density at radius 1 is 1.00 bits per heavy atom. The standard InChI is InChI=1S/C11H13NO3/c1-7(13)10-4-11(8(2)14)6-12(5-10)9(3)15/h5-6H,4H2,1-3H3. The largest absolute Gasteiger partial charge is 0.295 e. The van der Waals surface area contributed by atoms with E-state index in [4.69, 9.17) is 0 Å². The number of hydrogen-bond donors (Lipinski definition) is 0. The third-order valence-electron chi connectivity index (χ3n) is 2.24. The van der Waals surface area contributed by atoms with Crippen molar-refractivity contribution in [3.05, 3.63) is 23.5 Å². The lowest BCUT2D eigenvalue weighted by atomic mass is 9.99. The lowest BCUT2D eigenvalue weighted by Gasteiger charge is -2.20. The van der Waals surface area contributed by atoms with Gasteiger partial charge in [0.1, 0.15) is 0 Å². The number of carbonyl (C=O) groups is 3. The average molecular weight is 207 g/mol. The fourth-order valence-corrected chi connectivity index (χ4v) is 1.28. The summed E-state index contributed by atoms with van der Waals surface area (Å²) in [5.41, 5.74) is 0.968. The van der Waals surface area contributed by atoms with Gasteiger partial charge in [0.15, 0.2) is 11.6 Å². The van der Waals surface area contributed by atoms with Crippen LogP contribution in [-0.4, -0.2) is 22.4 Å². The summed E-state index contributed by atoms with van der Waals surface area (Å²) >= 11 is 0. The van der Waals surface area contributed by atoms with Gasteiger partial charge in [0.05, 0.1) is 0 Å². The van der Waals surface area contributed by atoms with Gasteiger partial charge in [-0.2, -0.15) is 0 Å². The second kappa shape index (κ2) is 4.21. The lowest BCUT2D eigenvalue weighted by molar-refractivity contribution is -0.124. The number of Topliss-reactive ketones (excluding diaryl/α,β-unsaturated/α-hetero) is 2. The van der Waals surface area contributed by atoms with Crippen molar-refractivity contribution in [2.75, 3.05) is 0 Å². The normalized spacial score (nSPS) is 15.5. The van der Waals surface area contributed by atoms with E-state index < -0.39 is 0 Å². The number of hydrogen-bond acceptors (Lipinski definition) is 3. The first-order valence-electron chi connectivity index (χ1n) is 4.64. The highest BCUT2D eigenvalue weighted by atomic mass is 16.2. The van der Waals surface area contributed by atoms with E-state index in [9.17, 15) is 14.4 Å². The van der Waals surface area contributed by atoms with Crippen LogP contribution in [0.2, 0.25) is 0 Å². The van der Waals surface area contributed by atoms with Crippen molar-refractivity contribution >= 4 is 17.5 Å². The van der Waals surface area contributed by atoms with Gasteiger partial charge >= 0.3 is 0 Å². The predicted octanol–water partition coefficient (Wildman–Crippen LogP) is 1.18. The van der Waals surface area contributed by atoms with Gasteiger partial charge in [0.2, 0.25) is 5.91 Å². The highest BCUT2D eigenvalue weighted by molar-refractivity contribution is 6.00. The number of rotatable bonds is 2. The molecule has 0 aromatic heterocycles. The SMILES string of the molecule is CC(=O)C1=CN(C(C)=O)C=C(C(C)=O)C1. The summed E-state index contributed by atoms with van der Waals surface area (Å²) in [5.74, 6) is -0.451. The summed E-state index contributed by atoms with van der Waals surface area (Å²) < 4.78 is 0. The van der Waals surface area contributed by atoms with Crippen LogP contribution in [0.15, 0.2) is 23.5 Å². The molecule has 0 N–H and O–H groups in total. The van der Waals surface area contributed by atoms with E-state index in [-0.39, 0.29) is 17.5 Å². The first-order chi connectivity index (χ1) is 6.91. The molecular formula is C11H13NO3. The van der Waals surface area contributed by atoms with Crippen molar-refractivity contribution < 1.29 is 14.4 Å². The summed E-state index contributed by atoms with van der Waals surface area (Å²) in [6.07, 6.45) is 3.28. The molecule has 0 aromatic carbocycles. The maximum atomic E-state index is 11.2. The molecule has 0 aliphatic carbocycles. The number of ketones is 2. The Bertz CT molecular complexity index is 361. The van der Waals surface area contributed by atoms with Crippen LogP contribution in [0, 0.1) is 0 Å². The van der Waals surface area contributed by atoms with Crippen molar-refractivity contribution in [1.82, 2.24) is 4.90 Å². The minimum atomic E-state index is -0.216. The third kappa shape index (κ3) is 2.62. The number of allylic oxidation sites excluding steroid dienone is 2. The van der Waals surface area contributed by atoms with Crippen LogP contribution >= 0.6 is 0 Å². The van der Waals surface area contributed by atoms with Crippen molar-refractivity contribution in [2.45, 2.75) is 27.2 Å². The zero-order valence-electron chi connectivity index (χ0n) is 9.03.